The van der Waals surface area contributed by atoms with E-state index >= 15 is 0 Å². The molecule has 0 radical (unpaired) electrons. The van der Waals surface area contributed by atoms with Crippen molar-refractivity contribution in [1.82, 2.24) is 4.90 Å². The molecule has 0 bridgehead atoms. The van der Waals surface area contributed by atoms with Crippen molar-refractivity contribution in [3.8, 4) is 0 Å². The van der Waals surface area contributed by atoms with Crippen LogP contribution in [0.2, 0.25) is 0 Å². The van der Waals surface area contributed by atoms with Gasteiger partial charge in [0.15, 0.2) is 0 Å². The molecule has 4 nitrogen and oxygen atoms in total. The Hall–Kier alpha value is -1.39. The van der Waals surface area contributed by atoms with E-state index in [1.807, 2.05) is 49.1 Å². The third kappa shape index (κ3) is 1.95. The van der Waals surface area contributed by atoms with Crippen LogP contribution in [0.5, 0.6) is 0 Å². The minimum Gasteiger partial charge on any atom is -0.379 e. The van der Waals surface area contributed by atoms with Crippen LogP contribution in [-0.4, -0.2) is 43.3 Å². The van der Waals surface area contributed by atoms with Crippen molar-refractivity contribution in [2.24, 2.45) is 5.41 Å². The molecule has 102 valence electrons. The van der Waals surface area contributed by atoms with E-state index < -0.39 is 0 Å². The Balaban J connectivity index is 1.88. The molecule has 0 spiro atoms. The maximum atomic E-state index is 12.4. The first kappa shape index (κ1) is 12.6. The molecule has 0 aromatic heterocycles. The van der Waals surface area contributed by atoms with Gasteiger partial charge in [-0.25, -0.2) is 0 Å². The number of nitrogens with zero attached hydrogens (tertiary/aromatic N) is 2. The zero-order valence-corrected chi connectivity index (χ0v) is 11.5. The van der Waals surface area contributed by atoms with Gasteiger partial charge in [0.1, 0.15) is 6.17 Å². The summed E-state index contributed by atoms with van der Waals surface area (Å²) in [6.07, 6.45) is 0.145. The summed E-state index contributed by atoms with van der Waals surface area (Å²) in [6.45, 7) is 7.37. The maximum Gasteiger partial charge on any atom is 0.237 e. The zero-order valence-electron chi connectivity index (χ0n) is 11.5. The van der Waals surface area contributed by atoms with Crippen molar-refractivity contribution in [2.45, 2.75) is 20.0 Å². The van der Waals surface area contributed by atoms with Crippen molar-refractivity contribution in [3.05, 3.63) is 30.3 Å². The second-order valence-corrected chi connectivity index (χ2v) is 5.75. The molecule has 2 aliphatic rings. The molecule has 1 unspecified atom stereocenters. The maximum absolute atomic E-state index is 12.4. The lowest BCUT2D eigenvalue weighted by Gasteiger charge is -2.57. The first-order chi connectivity index (χ1) is 9.12. The van der Waals surface area contributed by atoms with Gasteiger partial charge in [0.25, 0.3) is 0 Å². The average Bonchev–Trinajstić information content (AvgIpc) is 2.45. The highest BCUT2D eigenvalue weighted by Gasteiger charge is 2.57. The summed E-state index contributed by atoms with van der Waals surface area (Å²) in [4.78, 5) is 16.7. The molecule has 2 fully saturated rings. The SMILES string of the molecule is CC1(C)C(=O)N(c2ccccc2)C1N1CCOCC1. The lowest BCUT2D eigenvalue weighted by Crippen LogP contribution is -2.74. The normalized spacial score (nSPS) is 27.2. The Morgan fingerprint density at radius 2 is 1.79 bits per heavy atom. The van der Waals surface area contributed by atoms with Gasteiger partial charge in [0, 0.05) is 18.8 Å². The number of para-hydroxylation sites is 1. The summed E-state index contributed by atoms with van der Waals surface area (Å²) in [5.74, 6) is 0.204. The first-order valence-corrected chi connectivity index (χ1v) is 6.83. The Bertz CT molecular complexity index is 466. The minimum absolute atomic E-state index is 0.145. The van der Waals surface area contributed by atoms with E-state index in [9.17, 15) is 4.79 Å². The van der Waals surface area contributed by atoms with E-state index in [-0.39, 0.29) is 17.5 Å². The zero-order chi connectivity index (χ0) is 13.5. The molecule has 2 heterocycles. The second kappa shape index (κ2) is 4.62. The number of rotatable bonds is 2. The van der Waals surface area contributed by atoms with Gasteiger partial charge >= 0.3 is 0 Å². The van der Waals surface area contributed by atoms with Crippen molar-refractivity contribution in [1.29, 1.82) is 0 Å². The van der Waals surface area contributed by atoms with Crippen LogP contribution in [0.1, 0.15) is 13.8 Å². The Morgan fingerprint density at radius 3 is 2.42 bits per heavy atom. The summed E-state index contributed by atoms with van der Waals surface area (Å²) in [5, 5.41) is 0. The fourth-order valence-corrected chi connectivity index (χ4v) is 3.08. The number of β-lactam (4-membered cyclic amide) rings is 1. The van der Waals surface area contributed by atoms with E-state index in [1.54, 1.807) is 0 Å². The summed E-state index contributed by atoms with van der Waals surface area (Å²) >= 11 is 0. The molecule has 3 rings (SSSR count). The van der Waals surface area contributed by atoms with Crippen LogP contribution < -0.4 is 4.90 Å². The van der Waals surface area contributed by atoms with Gasteiger partial charge in [-0.15, -0.1) is 0 Å². The van der Waals surface area contributed by atoms with Crippen LogP contribution in [-0.2, 0) is 9.53 Å². The highest BCUT2D eigenvalue weighted by atomic mass is 16.5. The summed E-state index contributed by atoms with van der Waals surface area (Å²) < 4.78 is 5.41. The average molecular weight is 260 g/mol. The predicted octanol–water partition coefficient (Wildman–Crippen LogP) is 1.72. The first-order valence-electron chi connectivity index (χ1n) is 6.83. The summed E-state index contributed by atoms with van der Waals surface area (Å²) in [6, 6.07) is 9.93. The van der Waals surface area contributed by atoms with E-state index in [4.69, 9.17) is 4.74 Å². The van der Waals surface area contributed by atoms with E-state index in [2.05, 4.69) is 4.90 Å². The number of morpholine rings is 1. The third-order valence-electron chi connectivity index (χ3n) is 4.09. The van der Waals surface area contributed by atoms with Gasteiger partial charge in [-0.3, -0.25) is 14.6 Å². The summed E-state index contributed by atoms with van der Waals surface area (Å²) in [7, 11) is 0. The molecule has 0 saturated carbocycles. The molecule has 2 saturated heterocycles. The van der Waals surface area contributed by atoms with Gasteiger partial charge in [-0.2, -0.15) is 0 Å². The van der Waals surface area contributed by atoms with Gasteiger partial charge in [0.05, 0.1) is 18.6 Å². The van der Waals surface area contributed by atoms with Crippen LogP contribution in [0.25, 0.3) is 0 Å². The number of carbonyl (C=O) groups is 1. The van der Waals surface area contributed by atoms with Crippen LogP contribution in [0.15, 0.2) is 30.3 Å². The lowest BCUT2D eigenvalue weighted by atomic mass is 9.77. The van der Waals surface area contributed by atoms with Crippen molar-refractivity contribution in [3.63, 3.8) is 0 Å². The predicted molar refractivity (Wildman–Crippen MR) is 73.9 cm³/mol. The van der Waals surface area contributed by atoms with Gasteiger partial charge in [-0.05, 0) is 26.0 Å². The quantitative estimate of drug-likeness (QED) is 0.759. The minimum atomic E-state index is -0.312. The molecule has 0 aliphatic carbocycles. The number of ether oxygens (including phenoxy) is 1. The van der Waals surface area contributed by atoms with Crippen LogP contribution >= 0.6 is 0 Å². The van der Waals surface area contributed by atoms with Crippen molar-refractivity contribution >= 4 is 11.6 Å². The molecule has 1 atom stereocenters. The molecule has 19 heavy (non-hydrogen) atoms. The topological polar surface area (TPSA) is 32.8 Å². The monoisotopic (exact) mass is 260 g/mol. The fourth-order valence-electron chi connectivity index (χ4n) is 3.08. The van der Waals surface area contributed by atoms with Crippen molar-refractivity contribution in [2.75, 3.05) is 31.2 Å². The lowest BCUT2D eigenvalue weighted by molar-refractivity contribution is -0.147. The highest BCUT2D eigenvalue weighted by molar-refractivity contribution is 6.05. The molecule has 1 aromatic carbocycles. The van der Waals surface area contributed by atoms with Gasteiger partial charge < -0.3 is 4.74 Å². The van der Waals surface area contributed by atoms with Gasteiger partial charge in [-0.1, -0.05) is 18.2 Å². The van der Waals surface area contributed by atoms with Gasteiger partial charge in [0.2, 0.25) is 5.91 Å². The molecule has 1 amide bonds. The van der Waals surface area contributed by atoms with E-state index in [0.717, 1.165) is 32.0 Å². The number of amides is 1. The second-order valence-electron chi connectivity index (χ2n) is 5.75. The number of anilines is 1. The molecular formula is C15H20N2O2. The Morgan fingerprint density at radius 1 is 1.16 bits per heavy atom. The molecule has 1 aromatic rings. The molecule has 2 aliphatic heterocycles. The fraction of sp³-hybridized carbons (Fsp3) is 0.533. The van der Waals surface area contributed by atoms with Crippen LogP contribution in [0.3, 0.4) is 0 Å². The third-order valence-corrected chi connectivity index (χ3v) is 4.09. The molecule has 0 N–H and O–H groups in total. The van der Waals surface area contributed by atoms with Crippen LogP contribution in [0, 0.1) is 5.41 Å². The van der Waals surface area contributed by atoms with Crippen LogP contribution in [0.4, 0.5) is 5.69 Å². The number of benzene rings is 1. The number of carbonyl (C=O) groups excluding carboxylic acids is 1. The van der Waals surface area contributed by atoms with E-state index in [1.165, 1.54) is 0 Å². The number of hydrogen-bond donors (Lipinski definition) is 0. The van der Waals surface area contributed by atoms with E-state index in [0.29, 0.717) is 0 Å². The Kier molecular flexibility index (Phi) is 3.07. The molecular weight excluding hydrogens is 240 g/mol. The Labute approximate surface area is 113 Å². The standard InChI is InChI=1S/C15H20N2O2/c1-15(2)13(16-8-10-19-11-9-16)17(14(15)18)12-6-4-3-5-7-12/h3-7,13H,8-11H2,1-2H3. The molecule has 4 heteroatoms. The summed E-state index contributed by atoms with van der Waals surface area (Å²) in [5.41, 5.74) is 0.677. The van der Waals surface area contributed by atoms with Crippen molar-refractivity contribution < 1.29 is 9.53 Å². The highest BCUT2D eigenvalue weighted by Crippen LogP contribution is 2.43. The number of hydrogen-bond acceptors (Lipinski definition) is 3. The smallest absolute Gasteiger partial charge is 0.237 e. The largest absolute Gasteiger partial charge is 0.379 e.